The standard InChI is InChI=1S/C12H8ClNO5S/c13-9-2-1-8(14(17)18)5-10(9)19-6-7-3-4-20-11(7)12(15)16/h1-5H,6H2,(H,15,16). The molecule has 0 aliphatic carbocycles. The van der Waals surface area contributed by atoms with Crippen LogP contribution in [-0.2, 0) is 6.61 Å². The molecular formula is C12H8ClNO5S. The van der Waals surface area contributed by atoms with Gasteiger partial charge < -0.3 is 9.84 Å². The van der Waals surface area contributed by atoms with Crippen molar-refractivity contribution in [2.24, 2.45) is 0 Å². The summed E-state index contributed by atoms with van der Waals surface area (Å²) in [7, 11) is 0. The Bertz CT molecular complexity index is 670. The van der Waals surface area contributed by atoms with Gasteiger partial charge in [-0.15, -0.1) is 11.3 Å². The quantitative estimate of drug-likeness (QED) is 0.673. The van der Waals surface area contributed by atoms with E-state index in [0.29, 0.717) is 5.56 Å². The summed E-state index contributed by atoms with van der Waals surface area (Å²) in [4.78, 5) is 21.2. The SMILES string of the molecule is O=C(O)c1sccc1COc1cc([N+](=O)[O-])ccc1Cl. The molecule has 0 aliphatic rings. The number of hydrogen-bond donors (Lipinski definition) is 1. The summed E-state index contributed by atoms with van der Waals surface area (Å²) < 4.78 is 5.37. The van der Waals surface area contributed by atoms with Crippen molar-refractivity contribution in [2.45, 2.75) is 6.61 Å². The van der Waals surface area contributed by atoms with Gasteiger partial charge in [-0.1, -0.05) is 11.6 Å². The highest BCUT2D eigenvalue weighted by Crippen LogP contribution is 2.30. The zero-order chi connectivity index (χ0) is 14.7. The van der Waals surface area contributed by atoms with E-state index in [4.69, 9.17) is 21.4 Å². The summed E-state index contributed by atoms with van der Waals surface area (Å²) >= 11 is 6.97. The maximum atomic E-state index is 10.9. The van der Waals surface area contributed by atoms with Crippen LogP contribution < -0.4 is 4.74 Å². The molecule has 1 heterocycles. The van der Waals surface area contributed by atoms with Gasteiger partial charge >= 0.3 is 5.97 Å². The molecule has 1 aromatic heterocycles. The van der Waals surface area contributed by atoms with Crippen LogP contribution in [0.25, 0.3) is 0 Å². The first kappa shape index (κ1) is 14.3. The van der Waals surface area contributed by atoms with Crippen LogP contribution in [0, 0.1) is 10.1 Å². The topological polar surface area (TPSA) is 89.7 Å². The Morgan fingerprint density at radius 3 is 2.85 bits per heavy atom. The largest absolute Gasteiger partial charge is 0.487 e. The van der Waals surface area contributed by atoms with Crippen LogP contribution in [0.15, 0.2) is 29.6 Å². The molecule has 0 amide bonds. The fourth-order valence-corrected chi connectivity index (χ4v) is 2.43. The van der Waals surface area contributed by atoms with Crippen LogP contribution in [-0.4, -0.2) is 16.0 Å². The molecule has 8 heteroatoms. The van der Waals surface area contributed by atoms with Gasteiger partial charge in [0.25, 0.3) is 5.69 Å². The molecule has 1 aromatic carbocycles. The lowest BCUT2D eigenvalue weighted by atomic mass is 10.2. The minimum Gasteiger partial charge on any atom is -0.487 e. The number of carbonyl (C=O) groups is 1. The molecule has 1 N–H and O–H groups in total. The molecule has 0 bridgehead atoms. The molecular weight excluding hydrogens is 306 g/mol. The Balaban J connectivity index is 2.18. The van der Waals surface area contributed by atoms with Crippen molar-refractivity contribution in [1.29, 1.82) is 0 Å². The maximum absolute atomic E-state index is 10.9. The monoisotopic (exact) mass is 313 g/mol. The lowest BCUT2D eigenvalue weighted by Gasteiger charge is -2.07. The van der Waals surface area contributed by atoms with Gasteiger partial charge in [0, 0.05) is 11.6 Å². The number of non-ortho nitro benzene ring substituents is 1. The number of nitro benzene ring substituents is 1. The molecule has 0 spiro atoms. The molecule has 0 fully saturated rings. The van der Waals surface area contributed by atoms with E-state index in [0.717, 1.165) is 11.3 Å². The Labute approximate surface area is 122 Å². The molecule has 0 atom stereocenters. The van der Waals surface area contributed by atoms with Gasteiger partial charge in [-0.2, -0.15) is 0 Å². The minimum absolute atomic E-state index is 0.0218. The fraction of sp³-hybridized carbons (Fsp3) is 0.0833. The number of aromatic carboxylic acids is 1. The number of ether oxygens (including phenoxy) is 1. The van der Waals surface area contributed by atoms with E-state index in [9.17, 15) is 14.9 Å². The van der Waals surface area contributed by atoms with Gasteiger partial charge in [0.05, 0.1) is 16.0 Å². The lowest BCUT2D eigenvalue weighted by Crippen LogP contribution is -2.02. The first-order valence-corrected chi connectivity index (χ1v) is 6.61. The number of carboxylic acids is 1. The van der Waals surface area contributed by atoms with Gasteiger partial charge in [-0.25, -0.2) is 4.79 Å². The van der Waals surface area contributed by atoms with Crippen LogP contribution in [0.4, 0.5) is 5.69 Å². The van der Waals surface area contributed by atoms with Crippen LogP contribution in [0.1, 0.15) is 15.2 Å². The van der Waals surface area contributed by atoms with Crippen molar-refractivity contribution in [3.05, 3.63) is 55.2 Å². The predicted molar refractivity (Wildman–Crippen MR) is 73.7 cm³/mol. The van der Waals surface area contributed by atoms with Crippen molar-refractivity contribution < 1.29 is 19.6 Å². The van der Waals surface area contributed by atoms with E-state index in [2.05, 4.69) is 0 Å². The van der Waals surface area contributed by atoms with Crippen LogP contribution in [0.2, 0.25) is 5.02 Å². The van der Waals surface area contributed by atoms with E-state index >= 15 is 0 Å². The third kappa shape index (κ3) is 3.06. The minimum atomic E-state index is -1.04. The predicted octanol–water partition coefficient (Wildman–Crippen LogP) is 3.59. The number of nitro groups is 1. The summed E-state index contributed by atoms with van der Waals surface area (Å²) in [6, 6.07) is 5.46. The highest BCUT2D eigenvalue weighted by molar-refractivity contribution is 7.12. The first-order chi connectivity index (χ1) is 9.49. The number of rotatable bonds is 5. The van der Waals surface area contributed by atoms with Gasteiger partial charge in [0.15, 0.2) is 0 Å². The van der Waals surface area contributed by atoms with E-state index in [1.165, 1.54) is 18.2 Å². The molecule has 0 aliphatic heterocycles. The van der Waals surface area contributed by atoms with Gasteiger partial charge in [-0.3, -0.25) is 10.1 Å². The number of nitrogens with zero attached hydrogens (tertiary/aromatic N) is 1. The average Bonchev–Trinajstić information content (AvgIpc) is 2.86. The van der Waals surface area contributed by atoms with Crippen molar-refractivity contribution in [3.8, 4) is 5.75 Å². The molecule has 0 saturated heterocycles. The average molecular weight is 314 g/mol. The van der Waals surface area contributed by atoms with Gasteiger partial charge in [-0.05, 0) is 17.5 Å². The number of thiophene rings is 1. The highest BCUT2D eigenvalue weighted by atomic mass is 35.5. The first-order valence-electron chi connectivity index (χ1n) is 5.35. The van der Waals surface area contributed by atoms with Gasteiger partial charge in [0.2, 0.25) is 0 Å². The summed E-state index contributed by atoms with van der Waals surface area (Å²) in [5.74, 6) is -0.896. The summed E-state index contributed by atoms with van der Waals surface area (Å²) in [5.41, 5.74) is 0.346. The molecule has 0 saturated carbocycles. The third-order valence-electron chi connectivity index (χ3n) is 2.45. The number of halogens is 1. The molecule has 2 rings (SSSR count). The van der Waals surface area contributed by atoms with E-state index in [1.807, 2.05) is 0 Å². The normalized spacial score (nSPS) is 10.2. The summed E-state index contributed by atoms with van der Waals surface area (Å²) in [5, 5.41) is 21.5. The highest BCUT2D eigenvalue weighted by Gasteiger charge is 2.14. The second-order valence-corrected chi connectivity index (χ2v) is 5.06. The van der Waals surface area contributed by atoms with E-state index in [-0.39, 0.29) is 27.9 Å². The smallest absolute Gasteiger partial charge is 0.346 e. The Morgan fingerprint density at radius 1 is 1.45 bits per heavy atom. The molecule has 0 unspecified atom stereocenters. The van der Waals surface area contributed by atoms with Crippen molar-refractivity contribution in [1.82, 2.24) is 0 Å². The maximum Gasteiger partial charge on any atom is 0.346 e. The van der Waals surface area contributed by atoms with Gasteiger partial charge in [0.1, 0.15) is 17.2 Å². The van der Waals surface area contributed by atoms with Crippen LogP contribution >= 0.6 is 22.9 Å². The summed E-state index contributed by atoms with van der Waals surface area (Å²) in [6.45, 7) is -0.0218. The Morgan fingerprint density at radius 2 is 2.20 bits per heavy atom. The molecule has 20 heavy (non-hydrogen) atoms. The molecule has 6 nitrogen and oxygen atoms in total. The van der Waals surface area contributed by atoms with E-state index in [1.54, 1.807) is 11.4 Å². The van der Waals surface area contributed by atoms with Crippen molar-refractivity contribution in [3.63, 3.8) is 0 Å². The Hall–Kier alpha value is -2.12. The van der Waals surface area contributed by atoms with E-state index < -0.39 is 10.9 Å². The van der Waals surface area contributed by atoms with Crippen molar-refractivity contribution in [2.75, 3.05) is 0 Å². The molecule has 2 aromatic rings. The third-order valence-corrected chi connectivity index (χ3v) is 3.71. The lowest BCUT2D eigenvalue weighted by molar-refractivity contribution is -0.384. The zero-order valence-electron chi connectivity index (χ0n) is 9.91. The number of carboxylic acid groups (broad SMARTS) is 1. The van der Waals surface area contributed by atoms with Crippen LogP contribution in [0.5, 0.6) is 5.75 Å². The second-order valence-electron chi connectivity index (χ2n) is 3.74. The zero-order valence-corrected chi connectivity index (χ0v) is 11.5. The summed E-state index contributed by atoms with van der Waals surface area (Å²) in [6.07, 6.45) is 0. The molecule has 104 valence electrons. The van der Waals surface area contributed by atoms with Crippen LogP contribution in [0.3, 0.4) is 0 Å². The number of hydrogen-bond acceptors (Lipinski definition) is 5. The second kappa shape index (κ2) is 5.89. The Kier molecular flexibility index (Phi) is 4.21. The van der Waals surface area contributed by atoms with Crippen molar-refractivity contribution >= 4 is 34.6 Å². The fourth-order valence-electron chi connectivity index (χ4n) is 1.51. The molecule has 0 radical (unpaired) electrons. The number of benzene rings is 1.